The van der Waals surface area contributed by atoms with E-state index in [2.05, 4.69) is 50.9 Å². The summed E-state index contributed by atoms with van der Waals surface area (Å²) in [5.41, 5.74) is 3.44. The number of piperidine rings is 1. The van der Waals surface area contributed by atoms with Crippen molar-refractivity contribution in [3.05, 3.63) is 34.2 Å². The van der Waals surface area contributed by atoms with Crippen molar-refractivity contribution in [2.45, 2.75) is 38.6 Å². The van der Waals surface area contributed by atoms with Crippen LogP contribution in [0.4, 0.5) is 0 Å². The lowest BCUT2D eigenvalue weighted by atomic mass is 10.0. The van der Waals surface area contributed by atoms with E-state index in [1.807, 2.05) is 0 Å². The molecule has 0 aliphatic carbocycles. The summed E-state index contributed by atoms with van der Waals surface area (Å²) in [7, 11) is 0. The Kier molecular flexibility index (Phi) is 3.39. The van der Waals surface area contributed by atoms with Crippen LogP contribution in [0.5, 0.6) is 0 Å². The average molecular weight is 308 g/mol. The van der Waals surface area contributed by atoms with E-state index in [0.29, 0.717) is 6.04 Å². The summed E-state index contributed by atoms with van der Waals surface area (Å²) in [6, 6.07) is 4.74. The minimum absolute atomic E-state index is 0.604. The number of nitrogens with zero attached hydrogens (tertiary/aromatic N) is 2. The first kappa shape index (κ1) is 12.2. The maximum atomic E-state index is 4.71. The van der Waals surface area contributed by atoms with E-state index in [0.717, 1.165) is 23.1 Å². The third kappa shape index (κ3) is 2.31. The molecule has 3 heterocycles. The van der Waals surface area contributed by atoms with Crippen LogP contribution in [-0.2, 0) is 6.42 Å². The second-order valence-electron chi connectivity index (χ2n) is 5.08. The number of rotatable bonds is 2. The summed E-state index contributed by atoms with van der Waals surface area (Å²) >= 11 is 3.56. The Morgan fingerprint density at radius 1 is 1.44 bits per heavy atom. The Morgan fingerprint density at radius 2 is 2.33 bits per heavy atom. The molecule has 0 saturated carbocycles. The quantitative estimate of drug-likeness (QED) is 0.924. The van der Waals surface area contributed by atoms with Crippen LogP contribution in [-0.4, -0.2) is 22.0 Å². The molecule has 0 spiro atoms. The second kappa shape index (κ2) is 5.02. The Hall–Kier alpha value is -0.870. The molecule has 1 saturated heterocycles. The fraction of sp³-hybridized carbons (Fsp3) is 0.500. The van der Waals surface area contributed by atoms with Gasteiger partial charge in [-0.05, 0) is 54.4 Å². The lowest BCUT2D eigenvalue weighted by Crippen LogP contribution is -2.35. The molecular formula is C14H18BrN3. The first-order valence-electron chi connectivity index (χ1n) is 6.60. The van der Waals surface area contributed by atoms with Gasteiger partial charge in [0.25, 0.3) is 0 Å². The third-order valence-corrected chi connectivity index (χ3v) is 4.57. The number of aryl methyl sites for hydroxylation is 1. The molecule has 1 N–H and O–H groups in total. The number of halogens is 1. The molecule has 0 aromatic carbocycles. The normalized spacial score (nSPS) is 20.4. The molecule has 0 bridgehead atoms. The van der Waals surface area contributed by atoms with E-state index in [1.54, 1.807) is 0 Å². The zero-order chi connectivity index (χ0) is 12.5. The predicted molar refractivity (Wildman–Crippen MR) is 77.0 cm³/mol. The molecule has 96 valence electrons. The molecular weight excluding hydrogens is 290 g/mol. The molecule has 3 rings (SSSR count). The zero-order valence-corrected chi connectivity index (χ0v) is 12.2. The van der Waals surface area contributed by atoms with Crippen molar-refractivity contribution in [1.29, 1.82) is 0 Å². The van der Waals surface area contributed by atoms with Crippen molar-refractivity contribution in [1.82, 2.24) is 14.7 Å². The number of pyridine rings is 1. The van der Waals surface area contributed by atoms with E-state index in [-0.39, 0.29) is 0 Å². The summed E-state index contributed by atoms with van der Waals surface area (Å²) < 4.78 is 3.30. The molecule has 4 heteroatoms. The predicted octanol–water partition coefficient (Wildman–Crippen LogP) is 3.09. The molecule has 0 radical (unpaired) electrons. The minimum Gasteiger partial charge on any atom is -0.314 e. The summed E-state index contributed by atoms with van der Waals surface area (Å²) in [5.74, 6) is 0. The highest BCUT2D eigenvalue weighted by molar-refractivity contribution is 9.10. The van der Waals surface area contributed by atoms with Crippen LogP contribution in [0.25, 0.3) is 5.65 Å². The van der Waals surface area contributed by atoms with Gasteiger partial charge in [-0.2, -0.15) is 0 Å². The van der Waals surface area contributed by atoms with E-state index in [4.69, 9.17) is 4.98 Å². The number of hydrogen-bond acceptors (Lipinski definition) is 2. The monoisotopic (exact) mass is 307 g/mol. The van der Waals surface area contributed by atoms with Crippen LogP contribution in [0, 0.1) is 6.92 Å². The number of aromatic nitrogens is 2. The van der Waals surface area contributed by atoms with Gasteiger partial charge in [0.05, 0.1) is 5.69 Å². The Labute approximate surface area is 116 Å². The van der Waals surface area contributed by atoms with Crippen LogP contribution in [0.2, 0.25) is 0 Å². The van der Waals surface area contributed by atoms with Gasteiger partial charge >= 0.3 is 0 Å². The van der Waals surface area contributed by atoms with E-state index < -0.39 is 0 Å². The van der Waals surface area contributed by atoms with Crippen LogP contribution in [0.3, 0.4) is 0 Å². The van der Waals surface area contributed by atoms with Crippen molar-refractivity contribution in [2.75, 3.05) is 6.54 Å². The molecule has 1 atom stereocenters. The molecule has 0 unspecified atom stereocenters. The van der Waals surface area contributed by atoms with Crippen molar-refractivity contribution in [3.8, 4) is 0 Å². The zero-order valence-electron chi connectivity index (χ0n) is 10.6. The first-order chi connectivity index (χ1) is 8.74. The second-order valence-corrected chi connectivity index (χ2v) is 5.93. The van der Waals surface area contributed by atoms with Crippen molar-refractivity contribution >= 4 is 21.6 Å². The van der Waals surface area contributed by atoms with Crippen LogP contribution in [0.15, 0.2) is 22.8 Å². The molecule has 18 heavy (non-hydrogen) atoms. The van der Waals surface area contributed by atoms with Gasteiger partial charge in [-0.25, -0.2) is 4.98 Å². The Morgan fingerprint density at radius 3 is 3.11 bits per heavy atom. The fourth-order valence-corrected chi connectivity index (χ4v) is 2.99. The van der Waals surface area contributed by atoms with E-state index in [9.17, 15) is 0 Å². The highest BCUT2D eigenvalue weighted by Crippen LogP contribution is 2.19. The molecule has 2 aromatic rings. The van der Waals surface area contributed by atoms with Gasteiger partial charge in [0.1, 0.15) is 5.65 Å². The fourth-order valence-electron chi connectivity index (χ4n) is 2.66. The lowest BCUT2D eigenvalue weighted by Gasteiger charge is -2.22. The number of fused-ring (bicyclic) bond motifs is 1. The highest BCUT2D eigenvalue weighted by Gasteiger charge is 2.15. The molecule has 1 aliphatic heterocycles. The van der Waals surface area contributed by atoms with E-state index >= 15 is 0 Å². The third-order valence-electron chi connectivity index (χ3n) is 3.74. The van der Waals surface area contributed by atoms with Crippen LogP contribution >= 0.6 is 15.9 Å². The first-order valence-corrected chi connectivity index (χ1v) is 7.40. The van der Waals surface area contributed by atoms with Gasteiger partial charge in [-0.1, -0.05) is 6.42 Å². The molecule has 1 aliphatic rings. The standard InChI is InChI=1S/C14H18BrN3/c1-10-13(15)5-6-14-17-12(9-18(10)14)8-11-4-2-3-7-16-11/h5-6,9,11,16H,2-4,7-8H2,1H3/t11-/m0/s1. The number of hydrogen-bond donors (Lipinski definition) is 1. The highest BCUT2D eigenvalue weighted by atomic mass is 79.9. The van der Waals surface area contributed by atoms with Gasteiger partial charge in [0.15, 0.2) is 0 Å². The maximum absolute atomic E-state index is 4.71. The summed E-state index contributed by atoms with van der Waals surface area (Å²) in [4.78, 5) is 4.71. The SMILES string of the molecule is Cc1c(Br)ccc2nc(C[C@@H]3CCCCN3)cn12. The van der Waals surface area contributed by atoms with Gasteiger partial charge < -0.3 is 9.72 Å². The molecule has 1 fully saturated rings. The summed E-state index contributed by atoms with van der Waals surface area (Å²) in [5, 5.41) is 3.58. The smallest absolute Gasteiger partial charge is 0.137 e. The van der Waals surface area contributed by atoms with Crippen molar-refractivity contribution < 1.29 is 0 Å². The van der Waals surface area contributed by atoms with Gasteiger partial charge in [-0.3, -0.25) is 0 Å². The summed E-state index contributed by atoms with van der Waals surface area (Å²) in [6.45, 7) is 3.27. The lowest BCUT2D eigenvalue weighted by molar-refractivity contribution is 0.397. The van der Waals surface area contributed by atoms with Crippen LogP contribution in [0.1, 0.15) is 30.7 Å². The summed E-state index contributed by atoms with van der Waals surface area (Å²) in [6.07, 6.45) is 7.14. The largest absolute Gasteiger partial charge is 0.314 e. The topological polar surface area (TPSA) is 29.3 Å². The molecule has 2 aromatic heterocycles. The maximum Gasteiger partial charge on any atom is 0.137 e. The molecule has 0 amide bonds. The average Bonchev–Trinajstić information content (AvgIpc) is 2.79. The van der Waals surface area contributed by atoms with E-state index in [1.165, 1.54) is 30.7 Å². The van der Waals surface area contributed by atoms with Crippen molar-refractivity contribution in [2.24, 2.45) is 0 Å². The number of imidazole rings is 1. The Balaban J connectivity index is 1.86. The minimum atomic E-state index is 0.604. The Bertz CT molecular complexity index is 555. The van der Waals surface area contributed by atoms with Gasteiger partial charge in [-0.15, -0.1) is 0 Å². The van der Waals surface area contributed by atoms with Crippen LogP contribution < -0.4 is 5.32 Å². The number of nitrogens with one attached hydrogen (secondary N) is 1. The molecule has 3 nitrogen and oxygen atoms in total. The van der Waals surface area contributed by atoms with Gasteiger partial charge in [0.2, 0.25) is 0 Å². The van der Waals surface area contributed by atoms with Gasteiger partial charge in [0, 0.05) is 28.8 Å². The van der Waals surface area contributed by atoms with Crippen molar-refractivity contribution in [3.63, 3.8) is 0 Å².